The van der Waals surface area contributed by atoms with Gasteiger partial charge in [-0.05, 0) is 48.2 Å². The molecule has 5 heteroatoms. The number of nitrogen functional groups attached to an aromatic ring is 1. The van der Waals surface area contributed by atoms with Crippen LogP contribution in [0.4, 0.5) is 11.8 Å². The Hall–Kier alpha value is -3.44. The van der Waals surface area contributed by atoms with E-state index in [4.69, 9.17) is 11.5 Å². The van der Waals surface area contributed by atoms with E-state index in [1.165, 1.54) is 21.9 Å². The summed E-state index contributed by atoms with van der Waals surface area (Å²) in [5.41, 5.74) is 16.2. The van der Waals surface area contributed by atoms with Gasteiger partial charge < -0.3 is 16.4 Å². The molecule has 5 nitrogen and oxygen atoms in total. The summed E-state index contributed by atoms with van der Waals surface area (Å²) in [6, 6.07) is 25.5. The summed E-state index contributed by atoms with van der Waals surface area (Å²) in [6.07, 6.45) is 0.851. The number of hydrogen-bond acceptors (Lipinski definition) is 5. The highest BCUT2D eigenvalue weighted by atomic mass is 15.2. The molecule has 0 fully saturated rings. The maximum Gasteiger partial charge on any atom is 0.222 e. The highest BCUT2D eigenvalue weighted by Crippen LogP contribution is 2.29. The van der Waals surface area contributed by atoms with Gasteiger partial charge in [0, 0.05) is 24.7 Å². The molecule has 0 amide bonds. The third-order valence-electron chi connectivity index (χ3n) is 5.74. The summed E-state index contributed by atoms with van der Waals surface area (Å²) in [4.78, 5) is 11.1. The van der Waals surface area contributed by atoms with Crippen molar-refractivity contribution >= 4 is 22.5 Å². The third-order valence-corrected chi connectivity index (χ3v) is 5.74. The molecule has 0 aliphatic rings. The van der Waals surface area contributed by atoms with Crippen LogP contribution in [0.25, 0.3) is 22.0 Å². The van der Waals surface area contributed by atoms with Crippen LogP contribution in [0.1, 0.15) is 31.0 Å². The van der Waals surface area contributed by atoms with E-state index in [0.717, 1.165) is 23.5 Å². The first-order chi connectivity index (χ1) is 14.9. The molecule has 0 spiro atoms. The Morgan fingerprint density at radius 1 is 0.871 bits per heavy atom. The second kappa shape index (κ2) is 8.74. The maximum absolute atomic E-state index is 6.08. The van der Waals surface area contributed by atoms with Gasteiger partial charge in [-0.25, -0.2) is 4.98 Å². The van der Waals surface area contributed by atoms with E-state index >= 15 is 0 Å². The van der Waals surface area contributed by atoms with Crippen molar-refractivity contribution in [3.8, 4) is 11.3 Å². The van der Waals surface area contributed by atoms with Crippen molar-refractivity contribution in [2.75, 3.05) is 17.7 Å². The van der Waals surface area contributed by atoms with Gasteiger partial charge in [-0.3, -0.25) is 0 Å². The molecule has 4 aromatic rings. The Balaban J connectivity index is 1.62. The number of nitrogens with zero attached hydrogens (tertiary/aromatic N) is 3. The topological polar surface area (TPSA) is 81.1 Å². The predicted molar refractivity (Wildman–Crippen MR) is 130 cm³/mol. The highest BCUT2D eigenvalue weighted by molar-refractivity contribution is 5.83. The van der Waals surface area contributed by atoms with Gasteiger partial charge in [0.25, 0.3) is 0 Å². The number of benzene rings is 3. The lowest BCUT2D eigenvalue weighted by Gasteiger charge is -2.27. The molecule has 0 bridgehead atoms. The molecular weight excluding hydrogens is 382 g/mol. The van der Waals surface area contributed by atoms with Crippen LogP contribution >= 0.6 is 0 Å². The molecule has 0 aliphatic carbocycles. The SMILES string of the molecule is C[C@H](N)Cc1ccc(-c2cc(N(C)[C@H](C)c3ccc4ccccc4c3)nc(N)n2)cc1. The zero-order valence-electron chi connectivity index (χ0n) is 18.3. The molecule has 4 rings (SSSR count). The van der Waals surface area contributed by atoms with Gasteiger partial charge in [0.2, 0.25) is 5.95 Å². The molecule has 2 atom stereocenters. The van der Waals surface area contributed by atoms with Gasteiger partial charge in [-0.15, -0.1) is 0 Å². The van der Waals surface area contributed by atoms with Crippen LogP contribution in [-0.4, -0.2) is 23.1 Å². The molecule has 1 heterocycles. The van der Waals surface area contributed by atoms with Crippen molar-refractivity contribution in [1.29, 1.82) is 0 Å². The first-order valence-corrected chi connectivity index (χ1v) is 10.6. The van der Waals surface area contributed by atoms with E-state index < -0.39 is 0 Å². The Morgan fingerprint density at radius 2 is 1.58 bits per heavy atom. The summed E-state index contributed by atoms with van der Waals surface area (Å²) in [6.45, 7) is 4.18. The van der Waals surface area contributed by atoms with Gasteiger partial charge >= 0.3 is 0 Å². The molecule has 0 unspecified atom stereocenters. The van der Waals surface area contributed by atoms with Crippen LogP contribution in [0.5, 0.6) is 0 Å². The average molecular weight is 412 g/mol. The number of anilines is 2. The summed E-state index contributed by atoms with van der Waals surface area (Å²) in [5.74, 6) is 1.06. The first-order valence-electron chi connectivity index (χ1n) is 10.6. The third kappa shape index (κ3) is 4.67. The van der Waals surface area contributed by atoms with E-state index in [-0.39, 0.29) is 18.0 Å². The van der Waals surface area contributed by atoms with Crippen molar-refractivity contribution in [3.63, 3.8) is 0 Å². The minimum Gasteiger partial charge on any atom is -0.368 e. The quantitative estimate of drug-likeness (QED) is 0.468. The Bertz CT molecular complexity index is 1180. The molecule has 0 radical (unpaired) electrons. The average Bonchev–Trinajstić information content (AvgIpc) is 2.77. The van der Waals surface area contributed by atoms with Crippen LogP contribution in [0.3, 0.4) is 0 Å². The van der Waals surface area contributed by atoms with E-state index in [2.05, 4.69) is 88.5 Å². The first kappa shape index (κ1) is 20.8. The molecule has 1 aromatic heterocycles. The smallest absolute Gasteiger partial charge is 0.222 e. The second-order valence-corrected chi connectivity index (χ2v) is 8.24. The number of nitrogens with two attached hydrogens (primary N) is 2. The lowest BCUT2D eigenvalue weighted by atomic mass is 10.0. The van der Waals surface area contributed by atoms with Crippen molar-refractivity contribution in [1.82, 2.24) is 9.97 Å². The van der Waals surface area contributed by atoms with E-state index in [1.807, 2.05) is 20.0 Å². The van der Waals surface area contributed by atoms with Gasteiger partial charge in [0.15, 0.2) is 0 Å². The molecule has 4 N–H and O–H groups in total. The fourth-order valence-electron chi connectivity index (χ4n) is 3.85. The van der Waals surface area contributed by atoms with Crippen molar-refractivity contribution in [3.05, 3.63) is 83.9 Å². The number of rotatable bonds is 6. The fraction of sp³-hybridized carbons (Fsp3) is 0.231. The molecule has 0 aliphatic heterocycles. The largest absolute Gasteiger partial charge is 0.368 e. The van der Waals surface area contributed by atoms with E-state index in [1.54, 1.807) is 0 Å². The molecule has 0 saturated carbocycles. The standard InChI is InChI=1S/C26H29N5/c1-17(27)14-19-8-10-21(11-9-19)24-16-25(30-26(28)29-24)31(3)18(2)22-13-12-20-6-4-5-7-23(20)15-22/h4-13,15-18H,14,27H2,1-3H3,(H2,28,29,30)/t17-,18+/m0/s1. The number of hydrogen-bond donors (Lipinski definition) is 2. The lowest BCUT2D eigenvalue weighted by molar-refractivity contribution is 0.729. The van der Waals surface area contributed by atoms with Crippen LogP contribution in [-0.2, 0) is 6.42 Å². The maximum atomic E-state index is 6.08. The Labute approximate surface area is 183 Å². The molecular formula is C26H29N5. The number of fused-ring (bicyclic) bond motifs is 1. The van der Waals surface area contributed by atoms with Gasteiger partial charge in [0.05, 0.1) is 11.7 Å². The van der Waals surface area contributed by atoms with Gasteiger partial charge in [-0.1, -0.05) is 60.7 Å². The minimum atomic E-state index is 0.125. The van der Waals surface area contributed by atoms with Crippen molar-refractivity contribution in [2.24, 2.45) is 5.73 Å². The van der Waals surface area contributed by atoms with Crippen LogP contribution in [0.2, 0.25) is 0 Å². The predicted octanol–water partition coefficient (Wildman–Crippen LogP) is 4.97. The van der Waals surface area contributed by atoms with Crippen molar-refractivity contribution in [2.45, 2.75) is 32.4 Å². The van der Waals surface area contributed by atoms with Crippen molar-refractivity contribution < 1.29 is 0 Å². The summed E-state index contributed by atoms with van der Waals surface area (Å²) in [7, 11) is 2.04. The molecule has 3 aromatic carbocycles. The Kier molecular flexibility index (Phi) is 5.87. The second-order valence-electron chi connectivity index (χ2n) is 8.24. The van der Waals surface area contributed by atoms with Crippen LogP contribution < -0.4 is 16.4 Å². The highest BCUT2D eigenvalue weighted by Gasteiger charge is 2.16. The zero-order chi connectivity index (χ0) is 22.0. The molecule has 31 heavy (non-hydrogen) atoms. The fourth-order valence-corrected chi connectivity index (χ4v) is 3.85. The Morgan fingerprint density at radius 3 is 2.29 bits per heavy atom. The van der Waals surface area contributed by atoms with Gasteiger partial charge in [-0.2, -0.15) is 4.98 Å². The van der Waals surface area contributed by atoms with E-state index in [9.17, 15) is 0 Å². The lowest BCUT2D eigenvalue weighted by Crippen LogP contribution is -2.23. The van der Waals surface area contributed by atoms with E-state index in [0.29, 0.717) is 0 Å². The van der Waals surface area contributed by atoms with Crippen LogP contribution in [0.15, 0.2) is 72.8 Å². The van der Waals surface area contributed by atoms with Gasteiger partial charge in [0.1, 0.15) is 5.82 Å². The summed E-state index contributed by atoms with van der Waals surface area (Å²) < 4.78 is 0. The zero-order valence-corrected chi connectivity index (χ0v) is 18.3. The summed E-state index contributed by atoms with van der Waals surface area (Å²) >= 11 is 0. The number of aromatic nitrogens is 2. The van der Waals surface area contributed by atoms with Crippen LogP contribution in [0, 0.1) is 0 Å². The monoisotopic (exact) mass is 411 g/mol. The summed E-state index contributed by atoms with van der Waals surface area (Å²) in [5, 5.41) is 2.47. The molecule has 0 saturated heterocycles. The minimum absolute atomic E-state index is 0.125. The molecule has 158 valence electrons. The normalized spacial score (nSPS) is 13.2.